The highest BCUT2D eigenvalue weighted by molar-refractivity contribution is 5.97. The Morgan fingerprint density at radius 1 is 1.32 bits per heavy atom. The van der Waals surface area contributed by atoms with E-state index in [1.165, 1.54) is 0 Å². The Hall–Kier alpha value is -1.85. The molecular formula is C13H17N2O4-. The molecule has 6 nitrogen and oxygen atoms in total. The van der Waals surface area contributed by atoms with Crippen LogP contribution in [0.2, 0.25) is 0 Å². The van der Waals surface area contributed by atoms with E-state index in [-0.39, 0.29) is 12.5 Å². The van der Waals surface area contributed by atoms with E-state index >= 15 is 0 Å². The number of aromatic nitrogens is 2. The van der Waals surface area contributed by atoms with E-state index in [1.54, 1.807) is 6.92 Å². The van der Waals surface area contributed by atoms with Gasteiger partial charge in [0.25, 0.3) is 5.56 Å². The minimum atomic E-state index is -0.867. The smallest absolute Gasteiger partial charge is 0.328 e. The lowest BCUT2D eigenvalue weighted by atomic mass is 9.95. The SMILES string of the molecule is CCC(=O)c1c([O-])n(C2CCCCC2)c(=O)[nH]c1=O. The van der Waals surface area contributed by atoms with Gasteiger partial charge >= 0.3 is 5.69 Å². The molecule has 1 heterocycles. The van der Waals surface area contributed by atoms with Crippen LogP contribution in [0.15, 0.2) is 9.59 Å². The van der Waals surface area contributed by atoms with E-state index in [0.29, 0.717) is 0 Å². The number of ketones is 1. The first-order valence-corrected chi connectivity index (χ1v) is 6.65. The average Bonchev–Trinajstić information content (AvgIpc) is 2.39. The molecular weight excluding hydrogens is 248 g/mol. The van der Waals surface area contributed by atoms with Gasteiger partial charge in [-0.15, -0.1) is 0 Å². The first kappa shape index (κ1) is 13.6. The Balaban J connectivity index is 2.57. The van der Waals surface area contributed by atoms with E-state index in [9.17, 15) is 19.5 Å². The van der Waals surface area contributed by atoms with E-state index in [0.717, 1.165) is 36.7 Å². The third-order valence-electron chi connectivity index (χ3n) is 3.64. The van der Waals surface area contributed by atoms with Crippen LogP contribution in [0, 0.1) is 0 Å². The molecule has 1 aliphatic carbocycles. The number of nitrogens with zero attached hydrogens (tertiary/aromatic N) is 1. The van der Waals surface area contributed by atoms with Gasteiger partial charge in [-0.3, -0.25) is 14.6 Å². The number of H-pyrrole nitrogens is 1. The van der Waals surface area contributed by atoms with Crippen LogP contribution in [-0.4, -0.2) is 15.3 Å². The van der Waals surface area contributed by atoms with Crippen LogP contribution in [-0.2, 0) is 0 Å². The molecule has 19 heavy (non-hydrogen) atoms. The van der Waals surface area contributed by atoms with Gasteiger partial charge in [-0.2, -0.15) is 0 Å². The Labute approximate surface area is 110 Å². The lowest BCUT2D eigenvalue weighted by Gasteiger charge is -2.29. The number of hydrogen-bond acceptors (Lipinski definition) is 4. The summed E-state index contributed by atoms with van der Waals surface area (Å²) in [6.45, 7) is 1.58. The zero-order valence-corrected chi connectivity index (χ0v) is 10.9. The summed E-state index contributed by atoms with van der Waals surface area (Å²) in [6.07, 6.45) is 4.53. The Morgan fingerprint density at radius 2 is 1.95 bits per heavy atom. The fourth-order valence-corrected chi connectivity index (χ4v) is 2.62. The van der Waals surface area contributed by atoms with Crippen LogP contribution >= 0.6 is 0 Å². The summed E-state index contributed by atoms with van der Waals surface area (Å²) >= 11 is 0. The van der Waals surface area contributed by atoms with Crippen molar-refractivity contribution in [3.05, 3.63) is 26.4 Å². The van der Waals surface area contributed by atoms with Crippen molar-refractivity contribution in [3.63, 3.8) is 0 Å². The molecule has 1 fully saturated rings. The number of carbonyl (C=O) groups excluding carboxylic acids is 1. The molecule has 1 aliphatic rings. The molecule has 0 aliphatic heterocycles. The Bertz CT molecular complexity index is 594. The normalized spacial score (nSPS) is 16.5. The third-order valence-corrected chi connectivity index (χ3v) is 3.64. The van der Waals surface area contributed by atoms with Crippen molar-refractivity contribution >= 4 is 5.78 Å². The van der Waals surface area contributed by atoms with Crippen molar-refractivity contribution in [3.8, 4) is 5.88 Å². The molecule has 6 heteroatoms. The second-order valence-corrected chi connectivity index (χ2v) is 4.88. The van der Waals surface area contributed by atoms with Crippen LogP contribution < -0.4 is 16.4 Å². The number of Topliss-reactive ketones (excluding diaryl/α,β-unsaturated/α-hetero) is 1. The maximum Gasteiger partial charge on any atom is 0.328 e. The van der Waals surface area contributed by atoms with Crippen LogP contribution in [0.1, 0.15) is 61.8 Å². The lowest BCUT2D eigenvalue weighted by Crippen LogP contribution is -2.38. The summed E-state index contributed by atoms with van der Waals surface area (Å²) in [4.78, 5) is 37.2. The van der Waals surface area contributed by atoms with Crippen LogP contribution in [0.5, 0.6) is 5.88 Å². The summed E-state index contributed by atoms with van der Waals surface area (Å²) in [7, 11) is 0. The molecule has 1 aromatic heterocycles. The number of carbonyl (C=O) groups is 1. The molecule has 1 aromatic rings. The molecule has 0 unspecified atom stereocenters. The van der Waals surface area contributed by atoms with Gasteiger partial charge in [-0.1, -0.05) is 26.2 Å². The topological polar surface area (TPSA) is 95.0 Å². The summed E-state index contributed by atoms with van der Waals surface area (Å²) in [5.41, 5.74) is -1.98. The number of nitrogens with one attached hydrogen (secondary N) is 1. The van der Waals surface area contributed by atoms with Gasteiger partial charge in [-0.05, 0) is 18.7 Å². The van der Waals surface area contributed by atoms with Crippen molar-refractivity contribution < 1.29 is 9.90 Å². The van der Waals surface area contributed by atoms with Gasteiger partial charge in [0.05, 0.1) is 5.56 Å². The van der Waals surface area contributed by atoms with Gasteiger partial charge in [0, 0.05) is 12.5 Å². The first-order valence-electron chi connectivity index (χ1n) is 6.65. The second kappa shape index (κ2) is 5.42. The number of aromatic amines is 1. The van der Waals surface area contributed by atoms with Crippen molar-refractivity contribution in [1.82, 2.24) is 9.55 Å². The summed E-state index contributed by atoms with van der Waals surface area (Å²) in [5.74, 6) is -1.25. The van der Waals surface area contributed by atoms with Gasteiger partial charge < -0.3 is 9.67 Å². The summed E-state index contributed by atoms with van der Waals surface area (Å²) in [5, 5.41) is 12.2. The van der Waals surface area contributed by atoms with Crippen molar-refractivity contribution in [2.75, 3.05) is 0 Å². The molecule has 0 saturated heterocycles. The van der Waals surface area contributed by atoms with E-state index < -0.39 is 28.5 Å². The molecule has 0 spiro atoms. The second-order valence-electron chi connectivity index (χ2n) is 4.88. The third kappa shape index (κ3) is 2.47. The quantitative estimate of drug-likeness (QED) is 0.814. The molecule has 0 bridgehead atoms. The van der Waals surface area contributed by atoms with Gasteiger partial charge in [0.15, 0.2) is 5.78 Å². The fourth-order valence-electron chi connectivity index (χ4n) is 2.62. The van der Waals surface area contributed by atoms with E-state index in [2.05, 4.69) is 4.98 Å². The monoisotopic (exact) mass is 265 g/mol. The number of rotatable bonds is 3. The molecule has 1 N–H and O–H groups in total. The molecule has 104 valence electrons. The van der Waals surface area contributed by atoms with Crippen LogP contribution in [0.4, 0.5) is 0 Å². The first-order chi connectivity index (χ1) is 9.06. The average molecular weight is 265 g/mol. The van der Waals surface area contributed by atoms with Crippen LogP contribution in [0.25, 0.3) is 0 Å². The molecule has 1 saturated carbocycles. The van der Waals surface area contributed by atoms with Gasteiger partial charge in [0.1, 0.15) is 0 Å². The minimum Gasteiger partial charge on any atom is -0.859 e. The van der Waals surface area contributed by atoms with E-state index in [4.69, 9.17) is 0 Å². The fraction of sp³-hybridized carbons (Fsp3) is 0.615. The van der Waals surface area contributed by atoms with Crippen molar-refractivity contribution in [2.24, 2.45) is 0 Å². The maximum atomic E-state index is 12.2. The van der Waals surface area contributed by atoms with E-state index in [1.807, 2.05) is 0 Å². The predicted molar refractivity (Wildman–Crippen MR) is 67.5 cm³/mol. The molecule has 0 radical (unpaired) electrons. The van der Waals surface area contributed by atoms with Crippen molar-refractivity contribution in [1.29, 1.82) is 0 Å². The summed E-state index contributed by atoms with van der Waals surface area (Å²) in [6, 6.07) is -0.200. The largest absolute Gasteiger partial charge is 0.859 e. The Kier molecular flexibility index (Phi) is 3.87. The van der Waals surface area contributed by atoms with Gasteiger partial charge in [0.2, 0.25) is 0 Å². The maximum absolute atomic E-state index is 12.2. The van der Waals surface area contributed by atoms with Crippen LogP contribution in [0.3, 0.4) is 0 Å². The predicted octanol–water partition coefficient (Wildman–Crippen LogP) is 0.708. The highest BCUT2D eigenvalue weighted by atomic mass is 16.3. The molecule has 0 amide bonds. The standard InChI is InChI=1S/C13H18N2O4/c1-2-9(16)10-11(17)14-13(19)15(12(10)18)8-6-4-3-5-7-8/h8,18H,2-7H2,1H3,(H,14,17,19)/p-1. The van der Waals surface area contributed by atoms with Gasteiger partial charge in [-0.25, -0.2) is 4.79 Å². The minimum absolute atomic E-state index is 0.0706. The molecule has 0 atom stereocenters. The molecule has 0 aromatic carbocycles. The zero-order chi connectivity index (χ0) is 14.0. The highest BCUT2D eigenvalue weighted by Crippen LogP contribution is 2.29. The zero-order valence-electron chi connectivity index (χ0n) is 10.9. The lowest BCUT2D eigenvalue weighted by molar-refractivity contribution is -0.281. The molecule has 2 rings (SSSR count). The van der Waals surface area contributed by atoms with Crippen molar-refractivity contribution in [2.45, 2.75) is 51.5 Å². The number of hydrogen-bond donors (Lipinski definition) is 1. The Morgan fingerprint density at radius 3 is 2.53 bits per heavy atom. The summed E-state index contributed by atoms with van der Waals surface area (Å²) < 4.78 is 1.06. The highest BCUT2D eigenvalue weighted by Gasteiger charge is 2.21.